The van der Waals surface area contributed by atoms with Crippen LogP contribution in [0.2, 0.25) is 0 Å². The summed E-state index contributed by atoms with van der Waals surface area (Å²) in [6.07, 6.45) is 0.264. The molecule has 0 saturated heterocycles. The molecule has 0 fully saturated rings. The number of ketones is 1. The number of carbonyl (C=O) groups is 1. The maximum atomic E-state index is 12.2. The van der Waals surface area contributed by atoms with Crippen LogP contribution in [0.1, 0.15) is 22.3 Å². The molecule has 2 aromatic carbocycles. The topological polar surface area (TPSA) is 38.3 Å². The van der Waals surface area contributed by atoms with Gasteiger partial charge in [0.15, 0.2) is 5.78 Å². The second-order valence-electron chi connectivity index (χ2n) is 4.92. The SMILES string of the molecule is C=C(CC(=O)c1ccc(OC)cc1)Nc1ccc(C)cc1. The highest BCUT2D eigenvalue weighted by Crippen LogP contribution is 2.16. The lowest BCUT2D eigenvalue weighted by molar-refractivity contribution is 0.0993. The van der Waals surface area contributed by atoms with Crippen molar-refractivity contribution in [3.05, 3.63) is 71.9 Å². The van der Waals surface area contributed by atoms with Gasteiger partial charge in [0.2, 0.25) is 0 Å². The first-order valence-electron chi connectivity index (χ1n) is 6.77. The Hall–Kier alpha value is -2.55. The van der Waals surface area contributed by atoms with Crippen LogP contribution in [0.3, 0.4) is 0 Å². The van der Waals surface area contributed by atoms with Crippen LogP contribution in [-0.2, 0) is 0 Å². The van der Waals surface area contributed by atoms with Gasteiger partial charge in [-0.1, -0.05) is 24.3 Å². The van der Waals surface area contributed by atoms with Crippen LogP contribution in [-0.4, -0.2) is 12.9 Å². The van der Waals surface area contributed by atoms with E-state index in [0.717, 1.165) is 11.4 Å². The van der Waals surface area contributed by atoms with Crippen molar-refractivity contribution in [2.24, 2.45) is 0 Å². The highest BCUT2D eigenvalue weighted by atomic mass is 16.5. The number of rotatable bonds is 6. The number of allylic oxidation sites excluding steroid dienone is 1. The molecule has 1 N–H and O–H groups in total. The van der Waals surface area contributed by atoms with Crippen LogP contribution >= 0.6 is 0 Å². The summed E-state index contributed by atoms with van der Waals surface area (Å²) in [5.74, 6) is 0.769. The lowest BCUT2D eigenvalue weighted by Crippen LogP contribution is -2.06. The van der Waals surface area contributed by atoms with Gasteiger partial charge in [0.05, 0.1) is 13.5 Å². The van der Waals surface area contributed by atoms with Gasteiger partial charge in [-0.25, -0.2) is 0 Å². The molecule has 0 amide bonds. The average Bonchev–Trinajstić information content (AvgIpc) is 2.49. The summed E-state index contributed by atoms with van der Waals surface area (Å²) in [4.78, 5) is 12.2. The number of ether oxygens (including phenoxy) is 1. The third-order valence-corrected chi connectivity index (χ3v) is 3.16. The quantitative estimate of drug-likeness (QED) is 0.806. The molecule has 0 aromatic heterocycles. The van der Waals surface area contributed by atoms with E-state index in [1.54, 1.807) is 31.4 Å². The Balaban J connectivity index is 1.95. The van der Waals surface area contributed by atoms with Crippen molar-refractivity contribution in [2.45, 2.75) is 13.3 Å². The maximum Gasteiger partial charge on any atom is 0.168 e. The van der Waals surface area contributed by atoms with E-state index in [1.807, 2.05) is 31.2 Å². The fourth-order valence-electron chi connectivity index (χ4n) is 1.96. The Morgan fingerprint density at radius 1 is 1.10 bits per heavy atom. The third-order valence-electron chi connectivity index (χ3n) is 3.16. The monoisotopic (exact) mass is 281 g/mol. The highest BCUT2D eigenvalue weighted by molar-refractivity contribution is 5.97. The zero-order valence-electron chi connectivity index (χ0n) is 12.3. The Labute approximate surface area is 125 Å². The van der Waals surface area contributed by atoms with Gasteiger partial charge < -0.3 is 10.1 Å². The molecule has 3 nitrogen and oxygen atoms in total. The zero-order valence-corrected chi connectivity index (χ0v) is 12.3. The van der Waals surface area contributed by atoms with Gasteiger partial charge in [-0.05, 0) is 43.3 Å². The predicted molar refractivity (Wildman–Crippen MR) is 85.9 cm³/mol. The van der Waals surface area contributed by atoms with Crippen LogP contribution in [0.5, 0.6) is 5.75 Å². The largest absolute Gasteiger partial charge is 0.497 e. The third kappa shape index (κ3) is 4.21. The molecule has 0 unspecified atom stereocenters. The first-order valence-corrected chi connectivity index (χ1v) is 6.77. The Bertz CT molecular complexity index is 627. The van der Waals surface area contributed by atoms with E-state index < -0.39 is 0 Å². The summed E-state index contributed by atoms with van der Waals surface area (Å²) in [6.45, 7) is 5.95. The van der Waals surface area contributed by atoms with Gasteiger partial charge in [-0.3, -0.25) is 4.79 Å². The zero-order chi connectivity index (χ0) is 15.2. The maximum absolute atomic E-state index is 12.2. The summed E-state index contributed by atoms with van der Waals surface area (Å²) in [7, 11) is 1.60. The minimum Gasteiger partial charge on any atom is -0.497 e. The molecule has 21 heavy (non-hydrogen) atoms. The van der Waals surface area contributed by atoms with Gasteiger partial charge in [0.25, 0.3) is 0 Å². The van der Waals surface area contributed by atoms with Crippen molar-refractivity contribution in [2.75, 3.05) is 12.4 Å². The molecule has 2 rings (SSSR count). The van der Waals surface area contributed by atoms with Crippen LogP contribution < -0.4 is 10.1 Å². The van der Waals surface area contributed by atoms with E-state index in [1.165, 1.54) is 5.56 Å². The minimum absolute atomic E-state index is 0.0299. The van der Waals surface area contributed by atoms with Crippen molar-refractivity contribution in [1.29, 1.82) is 0 Å². The second kappa shape index (κ2) is 6.75. The summed E-state index contributed by atoms with van der Waals surface area (Å²) >= 11 is 0. The van der Waals surface area contributed by atoms with E-state index in [0.29, 0.717) is 11.3 Å². The fourth-order valence-corrected chi connectivity index (χ4v) is 1.96. The van der Waals surface area contributed by atoms with Gasteiger partial charge >= 0.3 is 0 Å². The summed E-state index contributed by atoms with van der Waals surface area (Å²) in [6, 6.07) is 15.1. The molecule has 0 spiro atoms. The highest BCUT2D eigenvalue weighted by Gasteiger charge is 2.08. The first kappa shape index (κ1) is 14.9. The molecule has 3 heteroatoms. The van der Waals surface area contributed by atoms with E-state index in [4.69, 9.17) is 4.74 Å². The smallest absolute Gasteiger partial charge is 0.168 e. The Morgan fingerprint density at radius 2 is 1.71 bits per heavy atom. The van der Waals surface area contributed by atoms with E-state index >= 15 is 0 Å². The molecule has 0 bridgehead atoms. The Kier molecular flexibility index (Phi) is 4.77. The van der Waals surface area contributed by atoms with Crippen molar-refractivity contribution in [1.82, 2.24) is 0 Å². The summed E-state index contributed by atoms with van der Waals surface area (Å²) in [5, 5.41) is 3.15. The standard InChI is InChI=1S/C18H19NO2/c1-13-4-8-16(9-5-13)19-14(2)12-18(20)15-6-10-17(21-3)11-7-15/h4-11,19H,2,12H2,1,3H3. The number of methoxy groups -OCH3 is 1. The van der Waals surface area contributed by atoms with Gasteiger partial charge in [0.1, 0.15) is 5.75 Å². The number of hydrogen-bond acceptors (Lipinski definition) is 3. The van der Waals surface area contributed by atoms with E-state index in [9.17, 15) is 4.79 Å². The number of nitrogens with one attached hydrogen (secondary N) is 1. The lowest BCUT2D eigenvalue weighted by Gasteiger charge is -2.09. The molecular weight excluding hydrogens is 262 g/mol. The van der Waals surface area contributed by atoms with Crippen molar-refractivity contribution in [3.63, 3.8) is 0 Å². The van der Waals surface area contributed by atoms with Gasteiger partial charge in [-0.15, -0.1) is 0 Å². The van der Waals surface area contributed by atoms with Gasteiger partial charge in [0, 0.05) is 16.9 Å². The molecule has 0 atom stereocenters. The van der Waals surface area contributed by atoms with Crippen LogP contribution in [0.15, 0.2) is 60.8 Å². The van der Waals surface area contributed by atoms with Crippen LogP contribution in [0.4, 0.5) is 5.69 Å². The lowest BCUT2D eigenvalue weighted by atomic mass is 10.1. The molecule has 0 saturated carbocycles. The number of carbonyl (C=O) groups excluding carboxylic acids is 1. The first-order chi connectivity index (χ1) is 10.1. The molecule has 2 aromatic rings. The summed E-state index contributed by atoms with van der Waals surface area (Å²) < 4.78 is 5.08. The van der Waals surface area contributed by atoms with E-state index in [-0.39, 0.29) is 12.2 Å². The average molecular weight is 281 g/mol. The number of hydrogen-bond donors (Lipinski definition) is 1. The van der Waals surface area contributed by atoms with Crippen molar-refractivity contribution in [3.8, 4) is 5.75 Å². The minimum atomic E-state index is 0.0299. The summed E-state index contributed by atoms with van der Waals surface area (Å²) in [5.41, 5.74) is 3.47. The Morgan fingerprint density at radius 3 is 2.29 bits per heavy atom. The van der Waals surface area contributed by atoms with Crippen LogP contribution in [0.25, 0.3) is 0 Å². The van der Waals surface area contributed by atoms with Crippen molar-refractivity contribution >= 4 is 11.5 Å². The van der Waals surface area contributed by atoms with Crippen molar-refractivity contribution < 1.29 is 9.53 Å². The number of benzene rings is 2. The molecule has 0 radical (unpaired) electrons. The molecule has 0 aliphatic carbocycles. The van der Waals surface area contributed by atoms with Gasteiger partial charge in [-0.2, -0.15) is 0 Å². The molecule has 0 heterocycles. The molecule has 0 aliphatic rings. The number of aryl methyl sites for hydroxylation is 1. The second-order valence-corrected chi connectivity index (χ2v) is 4.92. The predicted octanol–water partition coefficient (Wildman–Crippen LogP) is 4.20. The molecule has 0 aliphatic heterocycles. The van der Waals surface area contributed by atoms with E-state index in [2.05, 4.69) is 11.9 Å². The number of anilines is 1. The normalized spacial score (nSPS) is 10.0. The van der Waals surface area contributed by atoms with Crippen LogP contribution in [0, 0.1) is 6.92 Å². The fraction of sp³-hybridized carbons (Fsp3) is 0.167. The molecule has 108 valence electrons. The number of Topliss-reactive ketones (excluding diaryl/α,β-unsaturated/α-hetero) is 1. The molecular formula is C18H19NO2.